The minimum Gasteiger partial charge on any atom is -0.256 e. The maximum atomic E-state index is 4.61. The van der Waals surface area contributed by atoms with Gasteiger partial charge in [0.1, 0.15) is 0 Å². The monoisotopic (exact) mass is 756 g/mol. The van der Waals surface area contributed by atoms with Crippen LogP contribution in [-0.4, -0.2) is 9.97 Å². The summed E-state index contributed by atoms with van der Waals surface area (Å²) in [6.07, 6.45) is 3.74. The van der Waals surface area contributed by atoms with Crippen LogP contribution in [0.5, 0.6) is 0 Å². The summed E-state index contributed by atoms with van der Waals surface area (Å²) in [5, 5.41) is 5.34. The summed E-state index contributed by atoms with van der Waals surface area (Å²) in [6, 6.07) is 54.8. The van der Waals surface area contributed by atoms with Crippen molar-refractivity contribution in [3.63, 3.8) is 0 Å². The van der Waals surface area contributed by atoms with Crippen molar-refractivity contribution in [1.29, 1.82) is 0 Å². The first kappa shape index (κ1) is 30.0. The van der Waals surface area contributed by atoms with Gasteiger partial charge in [0.05, 0.1) is 10.9 Å². The van der Waals surface area contributed by atoms with Crippen molar-refractivity contribution in [1.82, 2.24) is 9.97 Å². The van der Waals surface area contributed by atoms with E-state index in [-0.39, 0.29) is 0 Å². The van der Waals surface area contributed by atoms with Crippen LogP contribution >= 0.6 is 25.3 Å². The number of hydrogen-bond acceptors (Lipinski definition) is 2. The second-order valence-corrected chi connectivity index (χ2v) is 12.7. The predicted molar refractivity (Wildman–Crippen MR) is 172 cm³/mol. The number of halogens is 1. The molecule has 0 saturated carbocycles. The van der Waals surface area contributed by atoms with E-state index in [2.05, 4.69) is 165 Å². The molecule has 2 nitrogen and oxygen atoms in total. The van der Waals surface area contributed by atoms with Gasteiger partial charge in [0, 0.05) is 28.2 Å². The van der Waals surface area contributed by atoms with Crippen molar-refractivity contribution in [2.24, 2.45) is 0 Å². The Kier molecular flexibility index (Phi) is 12.7. The minimum atomic E-state index is -0.557. The van der Waals surface area contributed by atoms with E-state index in [0.29, 0.717) is 0 Å². The molecular weight excluding hydrogens is 729 g/mol. The van der Waals surface area contributed by atoms with Crippen LogP contribution in [0.25, 0.3) is 0 Å². The number of rotatable bonds is 6. The average molecular weight is 757 g/mol. The third-order valence-electron chi connectivity index (χ3n) is 5.81. The summed E-state index contributed by atoms with van der Waals surface area (Å²) < 4.78 is 0. The van der Waals surface area contributed by atoms with Crippen molar-refractivity contribution < 1.29 is 18.8 Å². The molecular formula is C34H28ClN2P2Pt. The summed E-state index contributed by atoms with van der Waals surface area (Å²) >= 11 is 1.61. The fraction of sp³-hybridized carbons (Fsp3) is 0. The van der Waals surface area contributed by atoms with E-state index in [4.69, 9.17) is 0 Å². The van der Waals surface area contributed by atoms with E-state index < -0.39 is 15.8 Å². The Morgan fingerprint density at radius 1 is 0.350 bits per heavy atom. The van der Waals surface area contributed by atoms with E-state index >= 15 is 0 Å². The van der Waals surface area contributed by atoms with Crippen molar-refractivity contribution in [3.8, 4) is 0 Å². The largest absolute Gasteiger partial charge is 0.256 e. The van der Waals surface area contributed by atoms with Crippen LogP contribution in [-0.2, 0) is 18.8 Å². The van der Waals surface area contributed by atoms with Crippen LogP contribution in [0, 0.1) is 0 Å². The van der Waals surface area contributed by atoms with Gasteiger partial charge in [-0.05, 0) is 45.5 Å². The molecule has 0 N–H and O–H groups in total. The van der Waals surface area contributed by atoms with Gasteiger partial charge in [0.25, 0.3) is 0 Å². The van der Waals surface area contributed by atoms with Crippen molar-refractivity contribution >= 4 is 57.3 Å². The molecule has 2 heterocycles. The maximum absolute atomic E-state index is 4.61. The van der Waals surface area contributed by atoms with Gasteiger partial charge >= 0.3 is 28.2 Å². The Morgan fingerprint density at radius 3 is 0.825 bits per heavy atom. The molecule has 0 atom stereocenters. The Hall–Kier alpha value is -2.98. The van der Waals surface area contributed by atoms with Crippen LogP contribution < -0.4 is 32.1 Å². The number of pyridine rings is 2. The average Bonchev–Trinajstić information content (AvgIpc) is 3.06. The molecule has 2 aromatic heterocycles. The van der Waals surface area contributed by atoms with Crippen molar-refractivity contribution in [3.05, 3.63) is 170 Å². The first-order chi connectivity index (χ1) is 19.9. The molecule has 0 fully saturated rings. The van der Waals surface area contributed by atoms with E-state index in [9.17, 15) is 0 Å². The van der Waals surface area contributed by atoms with Crippen molar-refractivity contribution in [2.45, 2.75) is 0 Å². The van der Waals surface area contributed by atoms with Gasteiger partial charge in [0.2, 0.25) is 0 Å². The maximum Gasteiger partial charge on any atom is 0.0720 e. The second kappa shape index (κ2) is 17.0. The van der Waals surface area contributed by atoms with Gasteiger partial charge in [-0.15, -0.1) is 0 Å². The Labute approximate surface area is 254 Å². The molecule has 201 valence electrons. The van der Waals surface area contributed by atoms with Crippen LogP contribution in [0.2, 0.25) is 0 Å². The molecule has 0 unspecified atom stereocenters. The van der Waals surface area contributed by atoms with Gasteiger partial charge in [-0.25, -0.2) is 0 Å². The molecule has 6 heteroatoms. The predicted octanol–water partition coefficient (Wildman–Crippen LogP) is 6.37. The van der Waals surface area contributed by atoms with E-state index in [0.717, 1.165) is 10.9 Å². The molecule has 0 amide bonds. The van der Waals surface area contributed by atoms with Crippen LogP contribution in [0.1, 0.15) is 0 Å². The van der Waals surface area contributed by atoms with Gasteiger partial charge < -0.3 is 0 Å². The summed E-state index contributed by atoms with van der Waals surface area (Å²) in [5.41, 5.74) is 2.30. The quantitative estimate of drug-likeness (QED) is 0.185. The Balaban J connectivity index is 0.000000174. The zero-order valence-corrected chi connectivity index (χ0v) is 26.5. The number of hydrogen-bond donors (Lipinski definition) is 0. The van der Waals surface area contributed by atoms with E-state index in [1.54, 1.807) is 18.8 Å². The molecule has 0 radical (unpaired) electrons. The number of benzene rings is 4. The van der Waals surface area contributed by atoms with Crippen LogP contribution in [0.15, 0.2) is 170 Å². The van der Waals surface area contributed by atoms with Gasteiger partial charge in [-0.1, -0.05) is 133 Å². The fourth-order valence-electron chi connectivity index (χ4n) is 4.11. The topological polar surface area (TPSA) is 25.8 Å². The zero-order chi connectivity index (χ0) is 27.8. The normalized spacial score (nSPS) is 10.2. The molecule has 0 aliphatic carbocycles. The van der Waals surface area contributed by atoms with Crippen molar-refractivity contribution in [2.75, 3.05) is 0 Å². The molecule has 6 rings (SSSR count). The second-order valence-electron chi connectivity index (χ2n) is 8.39. The Morgan fingerprint density at radius 2 is 0.600 bits per heavy atom. The summed E-state index contributed by atoms with van der Waals surface area (Å²) in [4.78, 5) is 9.12. The summed E-state index contributed by atoms with van der Waals surface area (Å²) in [6.45, 7) is 0. The molecule has 0 spiro atoms. The molecule has 0 aliphatic heterocycles. The smallest absolute Gasteiger partial charge is 0.0720 e. The number of nitrogens with zero attached hydrogens (tertiary/aromatic N) is 2. The van der Waals surface area contributed by atoms with E-state index in [1.807, 2.05) is 24.5 Å². The molecule has 0 aliphatic rings. The van der Waals surface area contributed by atoms with E-state index in [1.165, 1.54) is 21.2 Å². The fourth-order valence-corrected chi connectivity index (χ4v) is 8.48. The molecule has 0 bridgehead atoms. The summed E-state index contributed by atoms with van der Waals surface area (Å²) in [5.74, 6) is 0. The third kappa shape index (κ3) is 8.51. The molecule has 6 aromatic rings. The SMILES string of the molecule is [Cl][Pt].c1ccc(P(c2ccccc2)c2ccccn2)cc1.c1ccc(P(c2ccccc2)c2ccccn2)cc1. The summed E-state index contributed by atoms with van der Waals surface area (Å²) in [7, 11) is 3.50. The first-order valence-electron chi connectivity index (χ1n) is 12.6. The minimum absolute atomic E-state index is 0.557. The zero-order valence-electron chi connectivity index (χ0n) is 21.6. The molecule has 40 heavy (non-hydrogen) atoms. The standard InChI is InChI=1S/2C17H14NP.ClH.Pt/c2*1-3-9-15(10-4-1)19(16-11-5-2-6-12-16)17-13-7-8-14-18-17;;/h2*1-14H;1H;/q;;;+1/p-1. The third-order valence-corrected chi connectivity index (χ3v) is 10.5. The van der Waals surface area contributed by atoms with Gasteiger partial charge in [-0.2, -0.15) is 0 Å². The first-order valence-corrected chi connectivity index (χ1v) is 18.1. The number of aromatic nitrogens is 2. The molecule has 4 aromatic carbocycles. The van der Waals surface area contributed by atoms with Gasteiger partial charge in [0.15, 0.2) is 0 Å². The van der Waals surface area contributed by atoms with Crippen LogP contribution in [0.3, 0.4) is 0 Å². The Bertz CT molecular complexity index is 1190. The van der Waals surface area contributed by atoms with Gasteiger partial charge in [-0.3, -0.25) is 9.97 Å². The molecule has 0 saturated heterocycles. The van der Waals surface area contributed by atoms with Crippen LogP contribution in [0.4, 0.5) is 0 Å².